The minimum Gasteiger partial charge on any atom is -0.422 e. The Morgan fingerprint density at radius 2 is 0.923 bits per heavy atom. The van der Waals surface area contributed by atoms with Crippen LogP contribution in [0, 0.1) is 40.1 Å². The van der Waals surface area contributed by atoms with Gasteiger partial charge in [0.25, 0.3) is 18.0 Å². The summed E-state index contributed by atoms with van der Waals surface area (Å²) in [4.78, 5) is 33.2. The van der Waals surface area contributed by atoms with Crippen LogP contribution in [0.5, 0.6) is 0 Å². The third kappa shape index (κ3) is 15.4. The number of nitriles is 2. The van der Waals surface area contributed by atoms with Gasteiger partial charge >= 0.3 is 18.5 Å². The van der Waals surface area contributed by atoms with Crippen molar-refractivity contribution in [3.05, 3.63) is 166 Å². The van der Waals surface area contributed by atoms with Gasteiger partial charge in [0.2, 0.25) is 0 Å². The zero-order chi connectivity index (χ0) is 57.0. The number of nitrogens with zero attached hydrogens (tertiary/aromatic N) is 12. The lowest BCUT2D eigenvalue weighted by Gasteiger charge is -2.06. The van der Waals surface area contributed by atoms with Crippen molar-refractivity contribution < 1.29 is 71.1 Å². The highest BCUT2D eigenvalue weighted by molar-refractivity contribution is 9.10. The maximum atomic E-state index is 13.9. The third-order valence-corrected chi connectivity index (χ3v) is 9.55. The van der Waals surface area contributed by atoms with Gasteiger partial charge in [-0.3, -0.25) is 15.0 Å². The van der Waals surface area contributed by atoms with E-state index in [0.29, 0.717) is 16.9 Å². The van der Waals surface area contributed by atoms with Crippen LogP contribution in [-0.4, -0.2) is 55.9 Å². The number of alkyl halides is 9. The van der Waals surface area contributed by atoms with Crippen LogP contribution in [0.25, 0.3) is 34.4 Å². The first-order valence-corrected chi connectivity index (χ1v) is 21.3. The standard InChI is InChI=1S/C15H10F4N6O2.C15H7F4N5O.C9H6F3N3O.C6H2BrFN2/c16-9-3-8(5-22-12(9)13(20)25-26)24-14-23-6-11(27-14)10-2-1-7(4-21-10)15(17,18)19;16-10-3-9(6-22-12(10)4-20)24-14-23-7-13(25-14)11-2-1-8(5-21-11)15(17,18)19;10-9(11,12)5-1-2-6(14-3-5)7-4-15-8(13)16-7;7-4-1-5(8)6(2-9)10-3-4/h1-6,26H,(H2,20,25)(H,23,24);1-3,5-7H,(H,23,24);1-4H,(H2,13,15);1,3H. The zero-order valence-electron chi connectivity index (χ0n) is 38.0. The highest BCUT2D eigenvalue weighted by Crippen LogP contribution is 2.33. The molecular weight excluding hydrogens is 1140 g/mol. The van der Waals surface area contributed by atoms with E-state index in [1.165, 1.54) is 49.3 Å². The summed E-state index contributed by atoms with van der Waals surface area (Å²) in [5, 5.41) is 33.3. The Bertz CT molecular complexity index is 3620. The van der Waals surface area contributed by atoms with E-state index in [9.17, 15) is 52.7 Å². The molecule has 9 aromatic rings. The van der Waals surface area contributed by atoms with Crippen molar-refractivity contribution in [1.29, 1.82) is 10.5 Å². The van der Waals surface area contributed by atoms with Gasteiger partial charge in [-0.2, -0.15) is 50.0 Å². The van der Waals surface area contributed by atoms with Crippen LogP contribution in [0.3, 0.4) is 0 Å². The van der Waals surface area contributed by atoms with Gasteiger partial charge in [0.1, 0.15) is 34.9 Å². The molecule has 20 nitrogen and oxygen atoms in total. The summed E-state index contributed by atoms with van der Waals surface area (Å²) in [5.74, 6) is -2.31. The molecular formula is C45H25BrF12N16O4. The van der Waals surface area contributed by atoms with Gasteiger partial charge in [-0.25, -0.2) is 43.1 Å². The maximum Gasteiger partial charge on any atom is 0.417 e. The number of oxime groups is 1. The van der Waals surface area contributed by atoms with E-state index in [2.05, 4.69) is 76.6 Å². The van der Waals surface area contributed by atoms with Gasteiger partial charge in [0.15, 0.2) is 52.0 Å². The number of rotatable bonds is 8. The van der Waals surface area contributed by atoms with Crippen LogP contribution in [0.15, 0.2) is 133 Å². The van der Waals surface area contributed by atoms with Crippen LogP contribution >= 0.6 is 15.9 Å². The lowest BCUT2D eigenvalue weighted by molar-refractivity contribution is -0.138. The van der Waals surface area contributed by atoms with E-state index >= 15 is 0 Å². The molecule has 9 aromatic heterocycles. The fourth-order valence-corrected chi connectivity index (χ4v) is 5.81. The molecule has 0 aromatic carbocycles. The van der Waals surface area contributed by atoms with Crippen molar-refractivity contribution >= 4 is 51.2 Å². The number of nitrogens with one attached hydrogen (secondary N) is 2. The Balaban J connectivity index is 0.000000178. The lowest BCUT2D eigenvalue weighted by atomic mass is 10.2. The first kappa shape index (κ1) is 57.1. The molecule has 0 saturated carbocycles. The van der Waals surface area contributed by atoms with Gasteiger partial charge in [-0.05, 0) is 58.4 Å². The molecule has 0 amide bonds. The summed E-state index contributed by atoms with van der Waals surface area (Å²) in [6.07, 6.45) is -3.71. The Labute approximate surface area is 435 Å². The van der Waals surface area contributed by atoms with Gasteiger partial charge in [-0.1, -0.05) is 5.16 Å². The average Bonchev–Trinajstić information content (AvgIpc) is 4.19. The van der Waals surface area contributed by atoms with E-state index in [-0.39, 0.29) is 80.9 Å². The van der Waals surface area contributed by atoms with Crippen molar-refractivity contribution in [2.24, 2.45) is 10.9 Å². The summed E-state index contributed by atoms with van der Waals surface area (Å²) in [5.41, 5.74) is 7.90. The number of nitrogen functional groups attached to an aromatic ring is 1. The van der Waals surface area contributed by atoms with Crippen molar-refractivity contribution in [1.82, 2.24) is 44.9 Å². The van der Waals surface area contributed by atoms with Crippen molar-refractivity contribution in [3.63, 3.8) is 0 Å². The lowest BCUT2D eigenvalue weighted by Crippen LogP contribution is -2.17. The van der Waals surface area contributed by atoms with Crippen molar-refractivity contribution in [2.45, 2.75) is 18.5 Å². The van der Waals surface area contributed by atoms with E-state index in [4.69, 9.17) is 40.4 Å². The number of aromatic nitrogens is 9. The molecule has 400 valence electrons. The largest absolute Gasteiger partial charge is 0.422 e. The topological polar surface area (TPSA) is 312 Å². The molecule has 7 N–H and O–H groups in total. The summed E-state index contributed by atoms with van der Waals surface area (Å²) in [7, 11) is 0. The first-order valence-electron chi connectivity index (χ1n) is 20.5. The monoisotopic (exact) mass is 1160 g/mol. The molecule has 9 heterocycles. The fourth-order valence-electron chi connectivity index (χ4n) is 5.50. The predicted molar refractivity (Wildman–Crippen MR) is 247 cm³/mol. The Kier molecular flexibility index (Phi) is 17.9. The van der Waals surface area contributed by atoms with E-state index < -0.39 is 58.5 Å². The Morgan fingerprint density at radius 3 is 1.27 bits per heavy atom. The summed E-state index contributed by atoms with van der Waals surface area (Å²) < 4.78 is 168. The van der Waals surface area contributed by atoms with Gasteiger partial charge in [0, 0.05) is 41.4 Å². The number of halogens is 13. The van der Waals surface area contributed by atoms with Crippen LogP contribution < -0.4 is 22.1 Å². The van der Waals surface area contributed by atoms with Crippen molar-refractivity contribution in [2.75, 3.05) is 16.4 Å². The normalized spacial score (nSPS) is 11.3. The van der Waals surface area contributed by atoms with E-state index in [1.807, 2.05) is 0 Å². The average molecular weight is 1160 g/mol. The highest BCUT2D eigenvalue weighted by atomic mass is 79.9. The molecule has 0 atom stereocenters. The fraction of sp³-hybridized carbons (Fsp3) is 0.0667. The Morgan fingerprint density at radius 1 is 0.526 bits per heavy atom. The minimum absolute atomic E-state index is 0.0393. The molecule has 0 aliphatic carbocycles. The van der Waals surface area contributed by atoms with Crippen LogP contribution in [-0.2, 0) is 18.5 Å². The second-order valence-corrected chi connectivity index (χ2v) is 15.4. The quantitative estimate of drug-likeness (QED) is 0.0310. The molecule has 0 aliphatic rings. The highest BCUT2D eigenvalue weighted by Gasteiger charge is 2.32. The first-order chi connectivity index (χ1) is 36.8. The van der Waals surface area contributed by atoms with E-state index in [1.54, 1.807) is 12.1 Å². The summed E-state index contributed by atoms with van der Waals surface area (Å²) >= 11 is 3.01. The van der Waals surface area contributed by atoms with Crippen molar-refractivity contribution in [3.8, 4) is 46.5 Å². The minimum atomic E-state index is -4.49. The molecule has 0 bridgehead atoms. The number of anilines is 5. The van der Waals surface area contributed by atoms with Gasteiger partial charge in [0.05, 0.1) is 59.0 Å². The van der Waals surface area contributed by atoms with Crippen LogP contribution in [0.1, 0.15) is 33.8 Å². The van der Waals surface area contributed by atoms with Crippen LogP contribution in [0.2, 0.25) is 0 Å². The second-order valence-electron chi connectivity index (χ2n) is 14.5. The number of hydrogen-bond acceptors (Lipinski definition) is 19. The zero-order valence-corrected chi connectivity index (χ0v) is 39.6. The molecule has 0 saturated heterocycles. The van der Waals surface area contributed by atoms with E-state index in [0.717, 1.165) is 48.7 Å². The summed E-state index contributed by atoms with van der Waals surface area (Å²) in [6, 6.07) is 12.4. The molecule has 33 heteroatoms. The number of pyridine rings is 6. The molecule has 0 fully saturated rings. The molecule has 0 spiro atoms. The number of oxazole rings is 3. The van der Waals surface area contributed by atoms with Gasteiger partial charge < -0.3 is 40.6 Å². The second kappa shape index (κ2) is 24.4. The molecule has 78 heavy (non-hydrogen) atoms. The SMILES string of the molecule is N#Cc1ncc(Br)cc1F.N#Cc1ncc(Nc2ncc(-c3ccc(C(F)(F)F)cn3)o2)cc1F.N/C(=N\O)c1ncc(Nc2ncc(-c3ccc(C(F)(F)F)cn3)o2)cc1F.Nc1ncc(-c2ccc(C(F)(F)F)cn2)o1. The molecule has 0 radical (unpaired) electrons. The third-order valence-electron chi connectivity index (χ3n) is 9.12. The van der Waals surface area contributed by atoms with Gasteiger partial charge in [-0.15, -0.1) is 0 Å². The smallest absolute Gasteiger partial charge is 0.417 e. The number of hydrogen-bond donors (Lipinski definition) is 5. The molecule has 0 aliphatic heterocycles. The molecule has 0 unspecified atom stereocenters. The number of amidine groups is 1. The Hall–Kier alpha value is -10.2. The van der Waals surface area contributed by atoms with Crippen LogP contribution in [0.4, 0.5) is 82.1 Å². The summed E-state index contributed by atoms with van der Waals surface area (Å²) in [6.45, 7) is 0. The molecule has 9 rings (SSSR count). The number of nitrogens with two attached hydrogens (primary N) is 2. The maximum absolute atomic E-state index is 13.9. The predicted octanol–water partition coefficient (Wildman–Crippen LogP) is 11.2.